The molecule has 0 aliphatic carbocycles. The molecule has 120 valence electrons. The summed E-state index contributed by atoms with van der Waals surface area (Å²) in [5, 5.41) is 3.46. The Bertz CT molecular complexity index is 348. The van der Waals surface area contributed by atoms with Gasteiger partial charge in [-0.3, -0.25) is 0 Å². The molecule has 0 fully saturated rings. The van der Waals surface area contributed by atoms with Crippen LogP contribution in [0.1, 0.15) is 67.2 Å². The van der Waals surface area contributed by atoms with Gasteiger partial charge in [-0.2, -0.15) is 0 Å². The predicted molar refractivity (Wildman–Crippen MR) is 97.7 cm³/mol. The summed E-state index contributed by atoms with van der Waals surface area (Å²) in [7, 11) is 0. The van der Waals surface area contributed by atoms with Crippen molar-refractivity contribution in [3.05, 3.63) is 46.6 Å². The number of nitrogens with one attached hydrogen (secondary N) is 1. The average molecular weight is 290 g/mol. The molecule has 21 heavy (non-hydrogen) atoms. The molecule has 0 atom stereocenters. The monoisotopic (exact) mass is 289 g/mol. The molecule has 0 aromatic rings. The first kappa shape index (κ1) is 19.9. The minimum atomic E-state index is 0.971. The van der Waals surface area contributed by atoms with Gasteiger partial charge in [0.2, 0.25) is 0 Å². The molecule has 0 spiro atoms. The molecule has 0 saturated heterocycles. The molecule has 0 heterocycles. The summed E-state index contributed by atoms with van der Waals surface area (Å²) in [5.74, 6) is 0. The van der Waals surface area contributed by atoms with Crippen molar-refractivity contribution >= 4 is 0 Å². The SMILES string of the molecule is CC(C)=CCC/C(C)=C/CNC/C=C(\C)CCC=C(C)C. The molecule has 0 aromatic carbocycles. The van der Waals surface area contributed by atoms with Crippen LogP contribution in [0, 0.1) is 0 Å². The predicted octanol–water partition coefficient (Wildman–Crippen LogP) is 5.96. The van der Waals surface area contributed by atoms with E-state index in [1.54, 1.807) is 0 Å². The molecule has 0 unspecified atom stereocenters. The zero-order chi connectivity index (χ0) is 16.1. The average Bonchev–Trinajstić information content (AvgIpc) is 2.37. The van der Waals surface area contributed by atoms with Crippen LogP contribution in [0.25, 0.3) is 0 Å². The fraction of sp³-hybridized carbons (Fsp3) is 0.600. The van der Waals surface area contributed by atoms with Gasteiger partial charge in [0.05, 0.1) is 0 Å². The molecular weight excluding hydrogens is 254 g/mol. The molecule has 1 N–H and O–H groups in total. The van der Waals surface area contributed by atoms with E-state index in [-0.39, 0.29) is 0 Å². The van der Waals surface area contributed by atoms with Crippen LogP contribution in [-0.4, -0.2) is 13.1 Å². The first-order valence-electron chi connectivity index (χ1n) is 8.20. The van der Waals surface area contributed by atoms with Gasteiger partial charge >= 0.3 is 0 Å². The maximum atomic E-state index is 3.46. The van der Waals surface area contributed by atoms with Crippen LogP contribution in [0.3, 0.4) is 0 Å². The molecule has 0 aromatic heterocycles. The Morgan fingerprint density at radius 2 is 1.00 bits per heavy atom. The van der Waals surface area contributed by atoms with Crippen molar-refractivity contribution in [3.8, 4) is 0 Å². The molecule has 0 rings (SSSR count). The topological polar surface area (TPSA) is 12.0 Å². The van der Waals surface area contributed by atoms with Crippen LogP contribution in [0.2, 0.25) is 0 Å². The molecule has 0 amide bonds. The Hall–Kier alpha value is -1.08. The van der Waals surface area contributed by atoms with E-state index in [0.717, 1.165) is 25.9 Å². The molecule has 0 radical (unpaired) electrons. The lowest BCUT2D eigenvalue weighted by Gasteiger charge is -2.02. The van der Waals surface area contributed by atoms with Gasteiger partial charge in [-0.15, -0.1) is 0 Å². The van der Waals surface area contributed by atoms with Crippen molar-refractivity contribution in [2.24, 2.45) is 0 Å². The van der Waals surface area contributed by atoms with Crippen LogP contribution >= 0.6 is 0 Å². The lowest BCUT2D eigenvalue weighted by atomic mass is 10.1. The molecule has 0 aliphatic heterocycles. The van der Waals surface area contributed by atoms with Gasteiger partial charge in [0.1, 0.15) is 0 Å². The summed E-state index contributed by atoms with van der Waals surface area (Å²) in [6.45, 7) is 15.0. The molecule has 1 nitrogen and oxygen atoms in total. The number of rotatable bonds is 10. The zero-order valence-electron chi connectivity index (χ0n) is 15.1. The standard InChI is InChI=1S/C20H35N/c1-17(2)9-7-11-19(5)13-15-21-16-14-20(6)12-8-10-18(3)4/h9-10,13-14,21H,7-8,11-12,15-16H2,1-6H3/b19-13+,20-14+. The van der Waals surface area contributed by atoms with Gasteiger partial charge in [-0.25, -0.2) is 0 Å². The normalized spacial score (nSPS) is 12.3. The van der Waals surface area contributed by atoms with Gasteiger partial charge < -0.3 is 5.32 Å². The fourth-order valence-corrected chi connectivity index (χ4v) is 1.96. The van der Waals surface area contributed by atoms with Crippen molar-refractivity contribution in [2.75, 3.05) is 13.1 Å². The third-order valence-corrected chi connectivity index (χ3v) is 3.37. The van der Waals surface area contributed by atoms with Crippen molar-refractivity contribution in [1.82, 2.24) is 5.32 Å². The highest BCUT2D eigenvalue weighted by Gasteiger charge is 1.90. The van der Waals surface area contributed by atoms with E-state index in [1.807, 2.05) is 0 Å². The van der Waals surface area contributed by atoms with Gasteiger partial charge in [0.25, 0.3) is 0 Å². The van der Waals surface area contributed by atoms with Gasteiger partial charge in [0, 0.05) is 13.1 Å². The van der Waals surface area contributed by atoms with Gasteiger partial charge in [0.15, 0.2) is 0 Å². The Labute approximate surface area is 132 Å². The lowest BCUT2D eigenvalue weighted by molar-refractivity contribution is 0.819. The maximum absolute atomic E-state index is 3.46. The Morgan fingerprint density at radius 3 is 1.33 bits per heavy atom. The Kier molecular flexibility index (Phi) is 12.0. The quantitative estimate of drug-likeness (QED) is 0.386. The van der Waals surface area contributed by atoms with Crippen LogP contribution in [-0.2, 0) is 0 Å². The van der Waals surface area contributed by atoms with Gasteiger partial charge in [-0.1, -0.05) is 46.6 Å². The largest absolute Gasteiger partial charge is 0.310 e. The highest BCUT2D eigenvalue weighted by molar-refractivity contribution is 5.05. The van der Waals surface area contributed by atoms with E-state index in [1.165, 1.54) is 35.1 Å². The minimum Gasteiger partial charge on any atom is -0.310 e. The van der Waals surface area contributed by atoms with Crippen LogP contribution in [0.5, 0.6) is 0 Å². The van der Waals surface area contributed by atoms with Crippen molar-refractivity contribution < 1.29 is 0 Å². The van der Waals surface area contributed by atoms with Gasteiger partial charge in [-0.05, 0) is 67.2 Å². The van der Waals surface area contributed by atoms with E-state index >= 15 is 0 Å². The third-order valence-electron chi connectivity index (χ3n) is 3.37. The van der Waals surface area contributed by atoms with Crippen molar-refractivity contribution in [2.45, 2.75) is 67.2 Å². The summed E-state index contributed by atoms with van der Waals surface area (Å²) >= 11 is 0. The lowest BCUT2D eigenvalue weighted by Crippen LogP contribution is -2.13. The number of hydrogen-bond donors (Lipinski definition) is 1. The first-order chi connectivity index (χ1) is 9.91. The van der Waals surface area contributed by atoms with E-state index in [2.05, 4.69) is 71.2 Å². The summed E-state index contributed by atoms with van der Waals surface area (Å²) in [6.07, 6.45) is 13.9. The minimum absolute atomic E-state index is 0.971. The summed E-state index contributed by atoms with van der Waals surface area (Å²) in [4.78, 5) is 0. The second-order valence-electron chi connectivity index (χ2n) is 6.40. The van der Waals surface area contributed by atoms with Crippen LogP contribution in [0.4, 0.5) is 0 Å². The Morgan fingerprint density at radius 1 is 0.619 bits per heavy atom. The summed E-state index contributed by atoms with van der Waals surface area (Å²) in [6, 6.07) is 0. The maximum Gasteiger partial charge on any atom is 0.0140 e. The highest BCUT2D eigenvalue weighted by Crippen LogP contribution is 2.07. The summed E-state index contributed by atoms with van der Waals surface area (Å²) in [5.41, 5.74) is 5.78. The summed E-state index contributed by atoms with van der Waals surface area (Å²) < 4.78 is 0. The zero-order valence-corrected chi connectivity index (χ0v) is 15.1. The molecule has 0 aliphatic rings. The van der Waals surface area contributed by atoms with Crippen molar-refractivity contribution in [3.63, 3.8) is 0 Å². The van der Waals surface area contributed by atoms with E-state index in [0.29, 0.717) is 0 Å². The van der Waals surface area contributed by atoms with E-state index < -0.39 is 0 Å². The number of hydrogen-bond acceptors (Lipinski definition) is 1. The van der Waals surface area contributed by atoms with E-state index in [9.17, 15) is 0 Å². The highest BCUT2D eigenvalue weighted by atomic mass is 14.8. The second kappa shape index (κ2) is 12.6. The molecule has 1 heteroatoms. The smallest absolute Gasteiger partial charge is 0.0140 e. The molecular formula is C20H35N. The Balaban J connectivity index is 3.78. The molecule has 0 saturated carbocycles. The molecule has 0 bridgehead atoms. The first-order valence-corrected chi connectivity index (χ1v) is 8.20. The number of allylic oxidation sites excluding steroid dienone is 6. The van der Waals surface area contributed by atoms with Crippen LogP contribution in [0.15, 0.2) is 46.6 Å². The fourth-order valence-electron chi connectivity index (χ4n) is 1.96. The van der Waals surface area contributed by atoms with E-state index in [4.69, 9.17) is 0 Å². The van der Waals surface area contributed by atoms with Crippen LogP contribution < -0.4 is 5.32 Å². The van der Waals surface area contributed by atoms with Crippen molar-refractivity contribution in [1.29, 1.82) is 0 Å². The second-order valence-corrected chi connectivity index (χ2v) is 6.40. The third kappa shape index (κ3) is 15.1.